The number of pyridine rings is 1. The van der Waals surface area contributed by atoms with Crippen molar-refractivity contribution in [2.24, 2.45) is 0 Å². The molecule has 0 N–H and O–H groups in total. The molecule has 0 spiro atoms. The van der Waals surface area contributed by atoms with Gasteiger partial charge in [-0.2, -0.15) is 4.31 Å². The molecule has 1 unspecified atom stereocenters. The minimum Gasteiger partial charge on any atom is -0.340 e. The summed E-state index contributed by atoms with van der Waals surface area (Å²) in [7, 11) is -1.63. The summed E-state index contributed by atoms with van der Waals surface area (Å²) in [6.07, 6.45) is 5.92. The fraction of sp³-hybridized carbons (Fsp3) is 0.571. The summed E-state index contributed by atoms with van der Waals surface area (Å²) >= 11 is 0. The first-order chi connectivity index (χ1) is 9.80. The van der Waals surface area contributed by atoms with Gasteiger partial charge in [-0.25, -0.2) is 8.42 Å². The Kier molecular flexibility index (Phi) is 4.63. The van der Waals surface area contributed by atoms with Gasteiger partial charge in [0.05, 0.1) is 6.26 Å². The molecule has 0 aromatic carbocycles. The largest absolute Gasteiger partial charge is 0.340 e. The lowest BCUT2D eigenvalue weighted by Crippen LogP contribution is -2.45. The van der Waals surface area contributed by atoms with Gasteiger partial charge in [0.1, 0.15) is 6.04 Å². The highest BCUT2D eigenvalue weighted by Crippen LogP contribution is 2.22. The summed E-state index contributed by atoms with van der Waals surface area (Å²) < 4.78 is 24.8. The number of likely N-dealkylation sites (N-methyl/N-ethyl adjacent to an activating group) is 1. The van der Waals surface area contributed by atoms with Gasteiger partial charge in [0, 0.05) is 32.5 Å². The lowest BCUT2D eigenvalue weighted by Gasteiger charge is -2.26. The van der Waals surface area contributed by atoms with Gasteiger partial charge >= 0.3 is 0 Å². The molecule has 1 atom stereocenters. The zero-order chi connectivity index (χ0) is 15.6. The minimum absolute atomic E-state index is 0.144. The lowest BCUT2D eigenvalue weighted by atomic mass is 10.1. The van der Waals surface area contributed by atoms with E-state index in [0.717, 1.165) is 23.8 Å². The monoisotopic (exact) mass is 311 g/mol. The maximum Gasteiger partial charge on any atom is 0.241 e. The van der Waals surface area contributed by atoms with E-state index in [2.05, 4.69) is 4.98 Å². The number of amides is 1. The third kappa shape index (κ3) is 3.59. The third-order valence-electron chi connectivity index (χ3n) is 3.83. The van der Waals surface area contributed by atoms with Crippen molar-refractivity contribution in [2.45, 2.75) is 32.4 Å². The third-order valence-corrected chi connectivity index (χ3v) is 5.12. The van der Waals surface area contributed by atoms with E-state index in [1.807, 2.05) is 13.0 Å². The van der Waals surface area contributed by atoms with Crippen LogP contribution >= 0.6 is 0 Å². The van der Waals surface area contributed by atoms with Crippen molar-refractivity contribution >= 4 is 15.9 Å². The summed E-state index contributed by atoms with van der Waals surface area (Å²) in [6, 6.07) is 1.31. The zero-order valence-electron chi connectivity index (χ0n) is 12.6. The van der Waals surface area contributed by atoms with Crippen LogP contribution in [0.4, 0.5) is 0 Å². The maximum absolute atomic E-state index is 12.5. The molecule has 0 bridgehead atoms. The molecule has 0 aliphatic carbocycles. The molecule has 2 heterocycles. The second-order valence-corrected chi connectivity index (χ2v) is 7.46. The molecule has 1 fully saturated rings. The molecule has 0 saturated carbocycles. The number of carbonyl (C=O) groups is 1. The van der Waals surface area contributed by atoms with Crippen molar-refractivity contribution < 1.29 is 13.2 Å². The van der Waals surface area contributed by atoms with Crippen molar-refractivity contribution in [1.29, 1.82) is 0 Å². The standard InChI is InChI=1S/C14H21N3O3S/c1-11-9-15-7-6-12(11)10-16(2)14(18)13-5-4-8-17(13)21(3,19)20/h6-7,9,13H,4-5,8,10H2,1-3H3. The van der Waals surface area contributed by atoms with Gasteiger partial charge < -0.3 is 4.90 Å². The predicted octanol–water partition coefficient (Wildman–Crippen LogP) is 0.772. The normalized spacial score (nSPS) is 19.7. The lowest BCUT2D eigenvalue weighted by molar-refractivity contribution is -0.133. The van der Waals surface area contributed by atoms with Crippen LogP contribution in [0.5, 0.6) is 0 Å². The van der Waals surface area contributed by atoms with Crippen LogP contribution in [-0.4, -0.2) is 54.4 Å². The fourth-order valence-corrected chi connectivity index (χ4v) is 3.77. The highest BCUT2D eigenvalue weighted by atomic mass is 32.2. The van der Waals surface area contributed by atoms with E-state index in [1.54, 1.807) is 24.3 Å². The highest BCUT2D eigenvalue weighted by Gasteiger charge is 2.37. The number of aryl methyl sites for hydroxylation is 1. The first-order valence-electron chi connectivity index (χ1n) is 6.92. The Morgan fingerprint density at radius 1 is 1.52 bits per heavy atom. The Labute approximate surface area is 125 Å². The molecule has 1 amide bonds. The van der Waals surface area contributed by atoms with Crippen LogP contribution < -0.4 is 0 Å². The number of aromatic nitrogens is 1. The fourth-order valence-electron chi connectivity index (χ4n) is 2.65. The smallest absolute Gasteiger partial charge is 0.241 e. The molecule has 0 radical (unpaired) electrons. The molecular weight excluding hydrogens is 290 g/mol. The summed E-state index contributed by atoms with van der Waals surface area (Å²) in [6.45, 7) is 2.83. The first kappa shape index (κ1) is 15.9. The summed E-state index contributed by atoms with van der Waals surface area (Å²) in [5.74, 6) is -0.144. The molecule has 116 valence electrons. The van der Waals surface area contributed by atoms with Crippen molar-refractivity contribution in [1.82, 2.24) is 14.2 Å². The predicted molar refractivity (Wildman–Crippen MR) is 80.0 cm³/mol. The highest BCUT2D eigenvalue weighted by molar-refractivity contribution is 7.88. The zero-order valence-corrected chi connectivity index (χ0v) is 13.4. The van der Waals surface area contributed by atoms with Gasteiger partial charge in [-0.1, -0.05) is 0 Å². The Bertz CT molecular complexity index is 630. The number of sulfonamides is 1. The molecule has 7 heteroatoms. The molecular formula is C14H21N3O3S. The van der Waals surface area contributed by atoms with Gasteiger partial charge in [0.15, 0.2) is 0 Å². The average molecular weight is 311 g/mol. The molecule has 1 aromatic rings. The minimum atomic E-state index is -3.34. The van der Waals surface area contributed by atoms with Gasteiger partial charge in [0.25, 0.3) is 0 Å². The van der Waals surface area contributed by atoms with Crippen LogP contribution in [0.3, 0.4) is 0 Å². The van der Waals surface area contributed by atoms with E-state index in [4.69, 9.17) is 0 Å². The van der Waals surface area contributed by atoms with Crippen LogP contribution in [0, 0.1) is 6.92 Å². The number of rotatable bonds is 4. The number of carbonyl (C=O) groups excluding carboxylic acids is 1. The Balaban J connectivity index is 2.11. The molecule has 1 aromatic heterocycles. The van der Waals surface area contributed by atoms with Crippen molar-refractivity contribution in [2.75, 3.05) is 19.8 Å². The maximum atomic E-state index is 12.5. The van der Waals surface area contributed by atoms with E-state index >= 15 is 0 Å². The summed E-state index contributed by atoms with van der Waals surface area (Å²) in [5, 5.41) is 0. The second-order valence-electron chi connectivity index (χ2n) is 5.53. The Morgan fingerprint density at radius 2 is 2.24 bits per heavy atom. The summed E-state index contributed by atoms with van der Waals surface area (Å²) in [5.41, 5.74) is 2.04. The van der Waals surface area contributed by atoms with E-state index < -0.39 is 16.1 Å². The van der Waals surface area contributed by atoms with Crippen LogP contribution in [0.2, 0.25) is 0 Å². The van der Waals surface area contributed by atoms with E-state index in [9.17, 15) is 13.2 Å². The van der Waals surface area contributed by atoms with E-state index in [1.165, 1.54) is 4.31 Å². The Morgan fingerprint density at radius 3 is 2.86 bits per heavy atom. The number of hydrogen-bond donors (Lipinski definition) is 0. The van der Waals surface area contributed by atoms with E-state index in [-0.39, 0.29) is 5.91 Å². The van der Waals surface area contributed by atoms with Crippen LogP contribution in [-0.2, 0) is 21.4 Å². The second kappa shape index (κ2) is 6.11. The molecule has 2 rings (SSSR count). The molecule has 1 saturated heterocycles. The Hall–Kier alpha value is -1.47. The van der Waals surface area contributed by atoms with Gasteiger partial charge in [-0.15, -0.1) is 0 Å². The van der Waals surface area contributed by atoms with Crippen LogP contribution in [0.15, 0.2) is 18.5 Å². The molecule has 21 heavy (non-hydrogen) atoms. The number of nitrogens with zero attached hydrogens (tertiary/aromatic N) is 3. The molecule has 1 aliphatic heterocycles. The SMILES string of the molecule is Cc1cnccc1CN(C)C(=O)C1CCCN1S(C)(=O)=O. The topological polar surface area (TPSA) is 70.6 Å². The molecule has 1 aliphatic rings. The van der Waals surface area contributed by atoms with Gasteiger partial charge in [0.2, 0.25) is 15.9 Å². The van der Waals surface area contributed by atoms with Crippen LogP contribution in [0.1, 0.15) is 24.0 Å². The molecule has 6 nitrogen and oxygen atoms in total. The number of hydrogen-bond acceptors (Lipinski definition) is 4. The first-order valence-corrected chi connectivity index (χ1v) is 8.77. The van der Waals surface area contributed by atoms with Crippen molar-refractivity contribution in [3.8, 4) is 0 Å². The summed E-state index contributed by atoms with van der Waals surface area (Å²) in [4.78, 5) is 18.1. The van der Waals surface area contributed by atoms with Gasteiger partial charge in [-0.05, 0) is 37.0 Å². The van der Waals surface area contributed by atoms with Crippen molar-refractivity contribution in [3.63, 3.8) is 0 Å². The van der Waals surface area contributed by atoms with Crippen LogP contribution in [0.25, 0.3) is 0 Å². The van der Waals surface area contributed by atoms with Gasteiger partial charge in [-0.3, -0.25) is 9.78 Å². The average Bonchev–Trinajstić information content (AvgIpc) is 2.89. The van der Waals surface area contributed by atoms with Crippen molar-refractivity contribution in [3.05, 3.63) is 29.6 Å². The van der Waals surface area contributed by atoms with E-state index in [0.29, 0.717) is 19.5 Å². The quantitative estimate of drug-likeness (QED) is 0.823.